The maximum Gasteiger partial charge on any atom is 0.411 e. The number of carbonyl (C=O) groups excluding carboxylic acids is 2. The molecule has 2 aliphatic carbocycles. The number of allylic oxidation sites excluding steroid dienone is 1. The fraction of sp³-hybridized carbons (Fsp3) is 0.846. The second-order valence-corrected chi connectivity index (χ2v) is 11.5. The van der Waals surface area contributed by atoms with Crippen LogP contribution in [-0.2, 0) is 14.3 Å². The summed E-state index contributed by atoms with van der Waals surface area (Å²) in [5.74, 6) is 1.98. The molecule has 4 aliphatic rings. The van der Waals surface area contributed by atoms with Crippen LogP contribution < -0.4 is 0 Å². The predicted octanol–water partition coefficient (Wildman–Crippen LogP) is 5.72. The molecule has 4 fully saturated rings. The minimum Gasteiger partial charge on any atom is -0.462 e. The molecule has 0 spiro atoms. The van der Waals surface area contributed by atoms with E-state index in [-0.39, 0.29) is 42.1 Å². The standard InChI is InChI=1S/C26H41NO4/c1-16-9-8-11-19(27(16)25(29)31-26(3,4)5)13-14-21-20-12-7-6-10-18(20)15-22-23(21)17(2)30-24(22)28/h13-14,16-23H,6-12,15H2,1-5H3/t16-,17-,18+,19+,20-,21+,22-,23+/m1/s1. The van der Waals surface area contributed by atoms with Gasteiger partial charge in [0, 0.05) is 12.0 Å². The minimum atomic E-state index is -0.495. The van der Waals surface area contributed by atoms with Gasteiger partial charge in [-0.25, -0.2) is 4.79 Å². The Kier molecular flexibility index (Phi) is 6.42. The molecule has 0 N–H and O–H groups in total. The Bertz CT molecular complexity index is 711. The van der Waals surface area contributed by atoms with Crippen LogP contribution in [-0.4, -0.2) is 40.8 Å². The van der Waals surface area contributed by atoms with Crippen LogP contribution in [0.25, 0.3) is 0 Å². The SMILES string of the molecule is C[C@@H]1CCC[C@@H](C=C[C@H]2[C@@H]3CCCC[C@H]3C[C@H]3C(=O)O[C@H](C)[C@@H]23)N1C(=O)OC(C)(C)C. The second-order valence-electron chi connectivity index (χ2n) is 11.5. The lowest BCUT2D eigenvalue weighted by atomic mass is 9.57. The zero-order valence-corrected chi connectivity index (χ0v) is 20.0. The molecule has 2 aliphatic heterocycles. The summed E-state index contributed by atoms with van der Waals surface area (Å²) in [5, 5.41) is 0. The fourth-order valence-corrected chi connectivity index (χ4v) is 6.89. The number of cyclic esters (lactones) is 1. The van der Waals surface area contributed by atoms with Gasteiger partial charge in [0.2, 0.25) is 0 Å². The summed E-state index contributed by atoms with van der Waals surface area (Å²) in [5.41, 5.74) is -0.495. The van der Waals surface area contributed by atoms with Gasteiger partial charge in [0.1, 0.15) is 11.7 Å². The van der Waals surface area contributed by atoms with E-state index in [1.165, 1.54) is 25.7 Å². The average molecular weight is 432 g/mol. The Balaban J connectivity index is 1.57. The number of hydrogen-bond acceptors (Lipinski definition) is 4. The van der Waals surface area contributed by atoms with Crippen molar-refractivity contribution in [1.29, 1.82) is 0 Å². The molecule has 174 valence electrons. The molecule has 2 saturated heterocycles. The third-order valence-corrected chi connectivity index (χ3v) is 8.19. The molecular weight excluding hydrogens is 390 g/mol. The molecule has 8 atom stereocenters. The maximum absolute atomic E-state index is 13.0. The van der Waals surface area contributed by atoms with Crippen molar-refractivity contribution in [3.8, 4) is 0 Å². The summed E-state index contributed by atoms with van der Waals surface area (Å²) < 4.78 is 11.5. The highest BCUT2D eigenvalue weighted by molar-refractivity contribution is 5.75. The highest BCUT2D eigenvalue weighted by atomic mass is 16.6. The molecular formula is C26H41NO4. The minimum absolute atomic E-state index is 0.0118. The van der Waals surface area contributed by atoms with Crippen LogP contribution in [0.3, 0.4) is 0 Å². The van der Waals surface area contributed by atoms with Gasteiger partial charge < -0.3 is 9.47 Å². The molecule has 0 radical (unpaired) electrons. The molecule has 0 bridgehead atoms. The van der Waals surface area contributed by atoms with Crippen LogP contribution in [0, 0.1) is 29.6 Å². The number of ether oxygens (including phenoxy) is 2. The maximum atomic E-state index is 13.0. The molecule has 0 unspecified atom stereocenters. The molecule has 0 aromatic rings. The molecule has 5 nitrogen and oxygen atoms in total. The zero-order chi connectivity index (χ0) is 22.3. The van der Waals surface area contributed by atoms with Crippen LogP contribution in [0.5, 0.6) is 0 Å². The van der Waals surface area contributed by atoms with Crippen molar-refractivity contribution in [2.24, 2.45) is 29.6 Å². The van der Waals surface area contributed by atoms with Crippen LogP contribution in [0.4, 0.5) is 4.79 Å². The first-order valence-corrected chi connectivity index (χ1v) is 12.6. The second kappa shape index (κ2) is 8.78. The van der Waals surface area contributed by atoms with Crippen molar-refractivity contribution >= 4 is 12.1 Å². The first-order valence-electron chi connectivity index (χ1n) is 12.6. The van der Waals surface area contributed by atoms with E-state index in [4.69, 9.17) is 9.47 Å². The first kappa shape index (κ1) is 22.7. The lowest BCUT2D eigenvalue weighted by molar-refractivity contribution is -0.144. The number of fused-ring (bicyclic) bond motifs is 2. The normalized spacial score (nSPS) is 40.9. The van der Waals surface area contributed by atoms with Crippen molar-refractivity contribution < 1.29 is 19.1 Å². The highest BCUT2D eigenvalue weighted by Gasteiger charge is 2.53. The zero-order valence-electron chi connectivity index (χ0n) is 20.0. The number of piperidine rings is 1. The van der Waals surface area contributed by atoms with E-state index in [0.717, 1.165) is 25.7 Å². The van der Waals surface area contributed by atoms with Gasteiger partial charge in [-0.3, -0.25) is 9.69 Å². The number of rotatable bonds is 2. The van der Waals surface area contributed by atoms with Gasteiger partial charge in [-0.1, -0.05) is 31.4 Å². The van der Waals surface area contributed by atoms with E-state index in [1.807, 2.05) is 25.7 Å². The van der Waals surface area contributed by atoms with Crippen LogP contribution in [0.2, 0.25) is 0 Å². The predicted molar refractivity (Wildman–Crippen MR) is 120 cm³/mol. The summed E-state index contributed by atoms with van der Waals surface area (Å²) in [7, 11) is 0. The Morgan fingerprint density at radius 3 is 2.55 bits per heavy atom. The molecule has 2 saturated carbocycles. The van der Waals surface area contributed by atoms with Gasteiger partial charge >= 0.3 is 12.1 Å². The monoisotopic (exact) mass is 431 g/mol. The van der Waals surface area contributed by atoms with E-state index in [9.17, 15) is 9.59 Å². The van der Waals surface area contributed by atoms with E-state index >= 15 is 0 Å². The molecule has 4 rings (SSSR count). The summed E-state index contributed by atoms with van der Waals surface area (Å²) >= 11 is 0. The van der Waals surface area contributed by atoms with Crippen LogP contribution in [0.15, 0.2) is 12.2 Å². The third-order valence-electron chi connectivity index (χ3n) is 8.19. The molecule has 0 aromatic carbocycles. The van der Waals surface area contributed by atoms with Gasteiger partial charge in [0.15, 0.2) is 0 Å². The quantitative estimate of drug-likeness (QED) is 0.414. The van der Waals surface area contributed by atoms with Crippen molar-refractivity contribution in [3.63, 3.8) is 0 Å². The van der Waals surface area contributed by atoms with E-state index in [1.54, 1.807) is 0 Å². The molecule has 5 heteroatoms. The Labute approximate surface area is 187 Å². The number of carbonyl (C=O) groups is 2. The molecule has 2 heterocycles. The Hall–Kier alpha value is -1.52. The molecule has 1 amide bonds. The van der Waals surface area contributed by atoms with Crippen molar-refractivity contribution in [2.45, 2.75) is 110 Å². The van der Waals surface area contributed by atoms with Crippen LogP contribution >= 0.6 is 0 Å². The Morgan fingerprint density at radius 1 is 1.06 bits per heavy atom. The van der Waals surface area contributed by atoms with Gasteiger partial charge in [-0.2, -0.15) is 0 Å². The van der Waals surface area contributed by atoms with Crippen molar-refractivity contribution in [2.75, 3.05) is 0 Å². The molecule has 0 aromatic heterocycles. The summed E-state index contributed by atoms with van der Waals surface area (Å²) in [4.78, 5) is 27.5. The van der Waals surface area contributed by atoms with Gasteiger partial charge in [-0.05, 0) is 84.5 Å². The highest BCUT2D eigenvalue weighted by Crippen LogP contribution is 2.53. The number of nitrogens with zero attached hydrogens (tertiary/aromatic N) is 1. The number of esters is 1. The topological polar surface area (TPSA) is 55.8 Å². The van der Waals surface area contributed by atoms with E-state index in [2.05, 4.69) is 26.0 Å². The smallest absolute Gasteiger partial charge is 0.411 e. The summed E-state index contributed by atoms with van der Waals surface area (Å²) in [6.07, 6.45) is 13.6. The average Bonchev–Trinajstić information content (AvgIpc) is 2.97. The first-order chi connectivity index (χ1) is 14.7. The van der Waals surface area contributed by atoms with Crippen molar-refractivity contribution in [1.82, 2.24) is 4.90 Å². The molecule has 31 heavy (non-hydrogen) atoms. The Morgan fingerprint density at radius 2 is 1.81 bits per heavy atom. The number of likely N-dealkylation sites (tertiary alicyclic amines) is 1. The largest absolute Gasteiger partial charge is 0.462 e. The van der Waals surface area contributed by atoms with Gasteiger partial charge in [0.25, 0.3) is 0 Å². The summed E-state index contributed by atoms with van der Waals surface area (Å²) in [6.45, 7) is 9.97. The lowest BCUT2D eigenvalue weighted by Gasteiger charge is -2.46. The third kappa shape index (κ3) is 4.66. The fourth-order valence-electron chi connectivity index (χ4n) is 6.89. The summed E-state index contributed by atoms with van der Waals surface area (Å²) in [6, 6.07) is 0.240. The van der Waals surface area contributed by atoms with Gasteiger partial charge in [-0.15, -0.1) is 0 Å². The van der Waals surface area contributed by atoms with Crippen molar-refractivity contribution in [3.05, 3.63) is 12.2 Å². The lowest BCUT2D eigenvalue weighted by Crippen LogP contribution is -2.50. The number of hydrogen-bond donors (Lipinski definition) is 0. The van der Waals surface area contributed by atoms with Gasteiger partial charge in [0.05, 0.1) is 12.0 Å². The van der Waals surface area contributed by atoms with E-state index in [0.29, 0.717) is 17.8 Å². The number of amides is 1. The van der Waals surface area contributed by atoms with Crippen LogP contribution in [0.1, 0.15) is 86.0 Å². The van der Waals surface area contributed by atoms with E-state index < -0.39 is 5.60 Å².